The molecule has 1 aromatic carbocycles. The molecule has 0 aliphatic carbocycles. The Balaban J connectivity index is 1.53. The number of piperazine rings is 1. The van der Waals surface area contributed by atoms with Gasteiger partial charge in [-0.1, -0.05) is 41.4 Å². The van der Waals surface area contributed by atoms with Crippen LogP contribution in [0, 0.1) is 0 Å². The SMILES string of the molecule is Nc1ccccc1CCC(=O)N1CCN(c2ncc(Cl)cc2Cl)CC1. The number of nitrogen functional groups attached to an aromatic ring is 1. The van der Waals surface area contributed by atoms with Gasteiger partial charge in [-0.15, -0.1) is 0 Å². The van der Waals surface area contributed by atoms with Crippen LogP contribution in [0.5, 0.6) is 0 Å². The average Bonchev–Trinajstić information content (AvgIpc) is 2.61. The number of aromatic nitrogens is 1. The van der Waals surface area contributed by atoms with E-state index in [9.17, 15) is 4.79 Å². The standard InChI is InChI=1S/C18H20Cl2N4O/c19-14-11-15(20)18(22-12-14)24-9-7-23(8-10-24)17(25)6-5-13-3-1-2-4-16(13)21/h1-4,11-12H,5-10,21H2. The number of carbonyl (C=O) groups excluding carboxylic acids is 1. The van der Waals surface area contributed by atoms with Crippen LogP contribution in [0.4, 0.5) is 11.5 Å². The summed E-state index contributed by atoms with van der Waals surface area (Å²) in [6.07, 6.45) is 2.72. The second-order valence-electron chi connectivity index (χ2n) is 6.03. The van der Waals surface area contributed by atoms with E-state index in [1.807, 2.05) is 29.2 Å². The third-order valence-corrected chi connectivity index (χ3v) is 4.87. The molecule has 3 rings (SSSR count). The fourth-order valence-electron chi connectivity index (χ4n) is 2.97. The maximum absolute atomic E-state index is 12.4. The Labute approximate surface area is 157 Å². The lowest BCUT2D eigenvalue weighted by atomic mass is 10.1. The van der Waals surface area contributed by atoms with Gasteiger partial charge in [0.1, 0.15) is 5.82 Å². The maximum atomic E-state index is 12.4. The average molecular weight is 379 g/mol. The van der Waals surface area contributed by atoms with Crippen LogP contribution in [0.15, 0.2) is 36.5 Å². The summed E-state index contributed by atoms with van der Waals surface area (Å²) in [5, 5.41) is 1.05. The number of aryl methyl sites for hydroxylation is 1. The normalized spacial score (nSPS) is 14.6. The molecule has 2 heterocycles. The Morgan fingerprint density at radius 3 is 2.56 bits per heavy atom. The van der Waals surface area contributed by atoms with Gasteiger partial charge in [0, 0.05) is 44.5 Å². The molecule has 1 aliphatic rings. The number of para-hydroxylation sites is 1. The lowest BCUT2D eigenvalue weighted by Gasteiger charge is -2.35. The van der Waals surface area contributed by atoms with Gasteiger partial charge in [-0.2, -0.15) is 0 Å². The van der Waals surface area contributed by atoms with Crippen LogP contribution in [0.2, 0.25) is 10.0 Å². The summed E-state index contributed by atoms with van der Waals surface area (Å²) >= 11 is 12.1. The summed E-state index contributed by atoms with van der Waals surface area (Å²) in [6.45, 7) is 2.72. The summed E-state index contributed by atoms with van der Waals surface area (Å²) in [5.74, 6) is 0.869. The highest BCUT2D eigenvalue weighted by molar-refractivity contribution is 6.36. The molecule has 1 fully saturated rings. The zero-order chi connectivity index (χ0) is 17.8. The lowest BCUT2D eigenvalue weighted by molar-refractivity contribution is -0.131. The minimum absolute atomic E-state index is 0.151. The molecule has 1 amide bonds. The van der Waals surface area contributed by atoms with Crippen molar-refractivity contribution in [2.45, 2.75) is 12.8 Å². The molecule has 1 aromatic heterocycles. The largest absolute Gasteiger partial charge is 0.399 e. The number of amides is 1. The molecule has 25 heavy (non-hydrogen) atoms. The highest BCUT2D eigenvalue weighted by Gasteiger charge is 2.23. The van der Waals surface area contributed by atoms with Gasteiger partial charge >= 0.3 is 0 Å². The number of anilines is 2. The molecule has 2 N–H and O–H groups in total. The second kappa shape index (κ2) is 7.93. The maximum Gasteiger partial charge on any atom is 0.223 e. The first kappa shape index (κ1) is 17.8. The number of hydrogen-bond donors (Lipinski definition) is 1. The number of hydrogen-bond acceptors (Lipinski definition) is 4. The van der Waals surface area contributed by atoms with Crippen molar-refractivity contribution in [3.8, 4) is 0 Å². The van der Waals surface area contributed by atoms with Gasteiger partial charge in [0.05, 0.1) is 10.0 Å². The first-order valence-electron chi connectivity index (χ1n) is 8.22. The predicted octanol–water partition coefficient (Wildman–Crippen LogP) is 3.25. The molecule has 0 saturated carbocycles. The highest BCUT2D eigenvalue weighted by Crippen LogP contribution is 2.26. The van der Waals surface area contributed by atoms with Crippen LogP contribution >= 0.6 is 23.2 Å². The van der Waals surface area contributed by atoms with E-state index in [0.717, 1.165) is 17.1 Å². The van der Waals surface area contributed by atoms with E-state index in [1.165, 1.54) is 0 Å². The first-order chi connectivity index (χ1) is 12.0. The van der Waals surface area contributed by atoms with E-state index in [-0.39, 0.29) is 5.91 Å². The zero-order valence-corrected chi connectivity index (χ0v) is 15.3. The number of rotatable bonds is 4. The summed E-state index contributed by atoms with van der Waals surface area (Å²) in [4.78, 5) is 20.7. The van der Waals surface area contributed by atoms with Gasteiger partial charge in [0.15, 0.2) is 0 Å². The minimum atomic E-state index is 0.151. The molecular formula is C18H20Cl2N4O. The van der Waals surface area contributed by atoms with E-state index in [2.05, 4.69) is 9.88 Å². The van der Waals surface area contributed by atoms with Gasteiger partial charge in [-0.3, -0.25) is 4.79 Å². The Kier molecular flexibility index (Phi) is 5.66. The minimum Gasteiger partial charge on any atom is -0.399 e. The smallest absolute Gasteiger partial charge is 0.223 e. The molecule has 1 saturated heterocycles. The van der Waals surface area contributed by atoms with Crippen molar-refractivity contribution in [1.82, 2.24) is 9.88 Å². The van der Waals surface area contributed by atoms with Crippen LogP contribution in [-0.2, 0) is 11.2 Å². The van der Waals surface area contributed by atoms with Gasteiger partial charge < -0.3 is 15.5 Å². The molecule has 7 heteroatoms. The van der Waals surface area contributed by atoms with Crippen molar-refractivity contribution in [2.75, 3.05) is 36.8 Å². The highest BCUT2D eigenvalue weighted by atomic mass is 35.5. The van der Waals surface area contributed by atoms with Crippen molar-refractivity contribution < 1.29 is 4.79 Å². The number of nitrogens with two attached hydrogens (primary N) is 1. The van der Waals surface area contributed by atoms with Gasteiger partial charge in [-0.25, -0.2) is 4.98 Å². The molecule has 0 bridgehead atoms. The second-order valence-corrected chi connectivity index (χ2v) is 6.87. The Hall–Kier alpha value is -1.98. The third kappa shape index (κ3) is 4.35. The molecule has 0 atom stereocenters. The van der Waals surface area contributed by atoms with Crippen molar-refractivity contribution in [1.29, 1.82) is 0 Å². The molecule has 132 valence electrons. The summed E-state index contributed by atoms with van der Waals surface area (Å²) in [6, 6.07) is 9.36. The molecular weight excluding hydrogens is 359 g/mol. The van der Waals surface area contributed by atoms with Gasteiger partial charge in [-0.05, 0) is 24.1 Å². The summed E-state index contributed by atoms with van der Waals surface area (Å²) < 4.78 is 0. The molecule has 5 nitrogen and oxygen atoms in total. The van der Waals surface area contributed by atoms with Crippen LogP contribution in [0.25, 0.3) is 0 Å². The fraction of sp³-hybridized carbons (Fsp3) is 0.333. The number of halogens is 2. The van der Waals surface area contributed by atoms with Crippen molar-refractivity contribution in [2.24, 2.45) is 0 Å². The predicted molar refractivity (Wildman–Crippen MR) is 102 cm³/mol. The van der Waals surface area contributed by atoms with E-state index >= 15 is 0 Å². The van der Waals surface area contributed by atoms with Crippen LogP contribution in [0.1, 0.15) is 12.0 Å². The van der Waals surface area contributed by atoms with E-state index in [1.54, 1.807) is 12.3 Å². The Morgan fingerprint density at radius 2 is 1.88 bits per heavy atom. The molecule has 0 unspecified atom stereocenters. The Morgan fingerprint density at radius 1 is 1.16 bits per heavy atom. The molecule has 1 aliphatic heterocycles. The number of carbonyl (C=O) groups is 1. The van der Waals surface area contributed by atoms with Crippen LogP contribution in [-0.4, -0.2) is 42.0 Å². The molecule has 0 spiro atoms. The molecule has 2 aromatic rings. The zero-order valence-electron chi connectivity index (χ0n) is 13.8. The number of pyridine rings is 1. The van der Waals surface area contributed by atoms with E-state index in [4.69, 9.17) is 28.9 Å². The quantitative estimate of drug-likeness (QED) is 0.829. The summed E-state index contributed by atoms with van der Waals surface area (Å²) in [7, 11) is 0. The first-order valence-corrected chi connectivity index (χ1v) is 8.97. The molecule has 0 radical (unpaired) electrons. The lowest BCUT2D eigenvalue weighted by Crippen LogP contribution is -2.49. The Bertz CT molecular complexity index is 760. The summed E-state index contributed by atoms with van der Waals surface area (Å²) in [5.41, 5.74) is 7.69. The monoisotopic (exact) mass is 378 g/mol. The van der Waals surface area contributed by atoms with Crippen molar-refractivity contribution >= 4 is 40.6 Å². The van der Waals surface area contributed by atoms with Gasteiger partial charge in [0.25, 0.3) is 0 Å². The van der Waals surface area contributed by atoms with Crippen molar-refractivity contribution in [3.05, 3.63) is 52.1 Å². The van der Waals surface area contributed by atoms with Crippen LogP contribution in [0.3, 0.4) is 0 Å². The third-order valence-electron chi connectivity index (χ3n) is 4.38. The topological polar surface area (TPSA) is 62.5 Å². The van der Waals surface area contributed by atoms with E-state index < -0.39 is 0 Å². The fourth-order valence-corrected chi connectivity index (χ4v) is 3.47. The van der Waals surface area contributed by atoms with Crippen LogP contribution < -0.4 is 10.6 Å². The number of benzene rings is 1. The van der Waals surface area contributed by atoms with Gasteiger partial charge in [0.2, 0.25) is 5.91 Å². The van der Waals surface area contributed by atoms with E-state index in [0.29, 0.717) is 49.1 Å². The number of nitrogens with zero attached hydrogens (tertiary/aromatic N) is 3. The van der Waals surface area contributed by atoms with Crippen molar-refractivity contribution in [3.63, 3.8) is 0 Å².